The molecule has 49 heavy (non-hydrogen) atoms. The van der Waals surface area contributed by atoms with Crippen LogP contribution in [0.25, 0.3) is 10.9 Å². The highest BCUT2D eigenvalue weighted by atomic mass is 32.2. The van der Waals surface area contributed by atoms with E-state index < -0.39 is 34.9 Å². The number of hydrogen-bond acceptors (Lipinski definition) is 9. The average Bonchev–Trinajstić information content (AvgIpc) is 3.07. The fourth-order valence-corrected chi connectivity index (χ4v) is 6.26. The number of nitrogens with zero attached hydrogens (tertiary/aromatic N) is 2. The second-order valence-electron chi connectivity index (χ2n) is 11.6. The van der Waals surface area contributed by atoms with E-state index in [1.165, 1.54) is 29.6 Å². The van der Waals surface area contributed by atoms with Gasteiger partial charge in [-0.15, -0.1) is 5.06 Å². The molecule has 0 radical (unpaired) electrons. The van der Waals surface area contributed by atoms with Crippen molar-refractivity contribution in [2.75, 3.05) is 17.2 Å². The van der Waals surface area contributed by atoms with Gasteiger partial charge >= 0.3 is 5.97 Å². The van der Waals surface area contributed by atoms with Gasteiger partial charge in [0.1, 0.15) is 12.6 Å². The van der Waals surface area contributed by atoms with Crippen LogP contribution >= 0.6 is 0 Å². The van der Waals surface area contributed by atoms with Crippen LogP contribution in [0.15, 0.2) is 94.9 Å². The van der Waals surface area contributed by atoms with Gasteiger partial charge in [-0.25, -0.2) is 14.0 Å². The fraction of sp³-hybridized carbons (Fsp3) is 0.171. The van der Waals surface area contributed by atoms with Crippen LogP contribution in [0.1, 0.15) is 44.2 Å². The standard InChI is InChI=1S/C35H32N6O7S/c1-20-12-23-13-21(2)28(20)17-41(48-35(45)22-6-4-3-5-7-22)18-31(42)39-25-9-11-30(49(46)47)24(14-25)16-36-34(44)32(23)40-26-8-10-29-27(15-26)33(43)38-19-37-29/h3-15,19,32,40H,16-18H2,1-2H3,(H,36,44)(H,39,42)(H,46,47)(H,37,38,43). The zero-order valence-electron chi connectivity index (χ0n) is 26.5. The summed E-state index contributed by atoms with van der Waals surface area (Å²) in [5.74, 6) is -1.60. The third kappa shape index (κ3) is 7.56. The molecule has 2 unspecified atom stereocenters. The second kappa shape index (κ2) is 14.2. The van der Waals surface area contributed by atoms with Crippen LogP contribution in [-0.2, 0) is 38.6 Å². The second-order valence-corrected chi connectivity index (χ2v) is 12.5. The number of nitrogens with one attached hydrogen (secondary N) is 4. The number of hydroxylamine groups is 2. The number of benzene rings is 4. The first-order valence-electron chi connectivity index (χ1n) is 15.2. The van der Waals surface area contributed by atoms with Crippen molar-refractivity contribution in [2.45, 2.75) is 37.9 Å². The highest BCUT2D eigenvalue weighted by molar-refractivity contribution is 7.79. The quantitative estimate of drug-likeness (QED) is 0.169. The number of hydrogen-bond donors (Lipinski definition) is 5. The zero-order valence-corrected chi connectivity index (χ0v) is 27.3. The van der Waals surface area contributed by atoms with Crippen LogP contribution in [0.3, 0.4) is 0 Å². The average molecular weight is 681 g/mol. The smallest absolute Gasteiger partial charge is 0.357 e. The Hall–Kier alpha value is -5.70. The van der Waals surface area contributed by atoms with E-state index in [0.717, 1.165) is 16.7 Å². The molecule has 2 atom stereocenters. The molecule has 4 bridgehead atoms. The van der Waals surface area contributed by atoms with Crippen molar-refractivity contribution in [1.82, 2.24) is 20.3 Å². The first-order chi connectivity index (χ1) is 23.5. The van der Waals surface area contributed by atoms with Gasteiger partial charge < -0.3 is 30.3 Å². The number of carbonyl (C=O) groups excluding carboxylic acids is 3. The summed E-state index contributed by atoms with van der Waals surface area (Å²) >= 11 is -2.39. The Labute approximate surface area is 283 Å². The molecule has 7 rings (SSSR count). The number of carbonyl (C=O) groups is 3. The third-order valence-electron chi connectivity index (χ3n) is 8.13. The van der Waals surface area contributed by atoms with Crippen molar-refractivity contribution in [3.05, 3.63) is 129 Å². The van der Waals surface area contributed by atoms with Crippen molar-refractivity contribution in [3.63, 3.8) is 0 Å². The molecule has 14 heteroatoms. The molecule has 0 spiro atoms. The van der Waals surface area contributed by atoms with Gasteiger partial charge in [0.15, 0.2) is 11.1 Å². The number of fused-ring (bicyclic) bond motifs is 10. The fourth-order valence-electron chi connectivity index (χ4n) is 5.72. The van der Waals surface area contributed by atoms with E-state index in [2.05, 4.69) is 25.9 Å². The molecule has 0 saturated heterocycles. The number of amides is 2. The molecular weight excluding hydrogens is 648 g/mol. The number of aryl methyl sites for hydroxylation is 2. The molecule has 3 heterocycles. The summed E-state index contributed by atoms with van der Waals surface area (Å²) < 4.78 is 22.2. The molecule has 2 amide bonds. The lowest BCUT2D eigenvalue weighted by molar-refractivity contribution is -0.139. The normalized spacial score (nSPS) is 16.1. The van der Waals surface area contributed by atoms with E-state index >= 15 is 0 Å². The number of aromatic amines is 1. The highest BCUT2D eigenvalue weighted by Gasteiger charge is 2.26. The molecule has 0 saturated carbocycles. The maximum absolute atomic E-state index is 14.0. The molecule has 250 valence electrons. The van der Waals surface area contributed by atoms with Crippen molar-refractivity contribution in [2.24, 2.45) is 0 Å². The van der Waals surface area contributed by atoms with Gasteiger partial charge in [-0.1, -0.05) is 30.3 Å². The van der Waals surface area contributed by atoms with Crippen LogP contribution < -0.4 is 21.5 Å². The van der Waals surface area contributed by atoms with Gasteiger partial charge in [-0.2, -0.15) is 0 Å². The molecular formula is C35H32N6O7S. The minimum atomic E-state index is -2.39. The molecule has 0 fully saturated rings. The van der Waals surface area contributed by atoms with E-state index in [1.54, 1.807) is 48.5 Å². The maximum Gasteiger partial charge on any atom is 0.357 e. The first kappa shape index (κ1) is 33.2. The first-order valence-corrected chi connectivity index (χ1v) is 16.3. The van der Waals surface area contributed by atoms with Crippen LogP contribution in [-0.4, -0.2) is 48.1 Å². The molecule has 2 aliphatic heterocycles. The summed E-state index contributed by atoms with van der Waals surface area (Å²) in [5.41, 5.74) is 4.47. The summed E-state index contributed by atoms with van der Waals surface area (Å²) in [5, 5.41) is 10.5. The molecule has 1 aromatic heterocycles. The van der Waals surface area contributed by atoms with Gasteiger partial charge in [0.2, 0.25) is 11.8 Å². The van der Waals surface area contributed by atoms with Crippen molar-refractivity contribution in [1.29, 1.82) is 0 Å². The topological polar surface area (TPSA) is 183 Å². The Bertz CT molecular complexity index is 2150. The Morgan fingerprint density at radius 3 is 2.47 bits per heavy atom. The third-order valence-corrected chi connectivity index (χ3v) is 8.90. The minimum absolute atomic E-state index is 0.0552. The molecule has 0 aliphatic carbocycles. The molecule has 13 nitrogen and oxygen atoms in total. The summed E-state index contributed by atoms with van der Waals surface area (Å²) in [6, 6.07) is 20.5. The summed E-state index contributed by atoms with van der Waals surface area (Å²) in [7, 11) is 0. The van der Waals surface area contributed by atoms with E-state index in [0.29, 0.717) is 39.0 Å². The molecule has 5 N–H and O–H groups in total. The van der Waals surface area contributed by atoms with E-state index in [1.807, 2.05) is 26.0 Å². The van der Waals surface area contributed by atoms with Crippen molar-refractivity contribution in [3.8, 4) is 0 Å². The number of rotatable bonds is 5. The maximum atomic E-state index is 14.0. The van der Waals surface area contributed by atoms with E-state index in [-0.39, 0.29) is 30.1 Å². The zero-order chi connectivity index (χ0) is 34.7. The van der Waals surface area contributed by atoms with E-state index in [4.69, 9.17) is 4.84 Å². The van der Waals surface area contributed by atoms with Gasteiger partial charge in [0.25, 0.3) is 5.56 Å². The predicted molar refractivity (Wildman–Crippen MR) is 183 cm³/mol. The number of aromatic nitrogens is 2. The van der Waals surface area contributed by atoms with Crippen LogP contribution in [0.5, 0.6) is 0 Å². The lowest BCUT2D eigenvalue weighted by Crippen LogP contribution is -2.36. The van der Waals surface area contributed by atoms with Crippen LogP contribution in [0.2, 0.25) is 0 Å². The largest absolute Gasteiger partial charge is 0.370 e. The van der Waals surface area contributed by atoms with Crippen LogP contribution in [0.4, 0.5) is 11.4 Å². The van der Waals surface area contributed by atoms with Gasteiger partial charge in [0, 0.05) is 17.9 Å². The SMILES string of the molecule is Cc1cc2cc(C)c1CN(OC(=O)c1ccccc1)CC(=O)Nc1ccc(S(=O)O)c(c1)CNC(=O)C2Nc1ccc2nc[nH]c(=O)c2c1. The number of anilines is 2. The Kier molecular flexibility index (Phi) is 9.62. The Morgan fingerprint density at radius 2 is 1.73 bits per heavy atom. The number of H-pyrrole nitrogens is 1. The molecule has 4 aromatic carbocycles. The van der Waals surface area contributed by atoms with E-state index in [9.17, 15) is 27.9 Å². The van der Waals surface area contributed by atoms with Crippen molar-refractivity contribution >= 4 is 51.1 Å². The summed E-state index contributed by atoms with van der Waals surface area (Å²) in [6.07, 6.45) is 1.32. The van der Waals surface area contributed by atoms with Gasteiger partial charge in [-0.3, -0.25) is 14.4 Å². The van der Waals surface area contributed by atoms with Crippen LogP contribution in [0, 0.1) is 13.8 Å². The van der Waals surface area contributed by atoms with Gasteiger partial charge in [-0.05, 0) is 90.2 Å². The lowest BCUT2D eigenvalue weighted by Gasteiger charge is -2.26. The molecule has 2 aliphatic rings. The van der Waals surface area contributed by atoms with Gasteiger partial charge in [0.05, 0.1) is 34.2 Å². The lowest BCUT2D eigenvalue weighted by atomic mass is 9.94. The Morgan fingerprint density at radius 1 is 0.980 bits per heavy atom. The van der Waals surface area contributed by atoms with Crippen molar-refractivity contribution < 1.29 is 28.0 Å². The minimum Gasteiger partial charge on any atom is -0.370 e. The Balaban J connectivity index is 1.42. The summed E-state index contributed by atoms with van der Waals surface area (Å²) in [6.45, 7) is 3.31. The highest BCUT2D eigenvalue weighted by Crippen LogP contribution is 2.28. The molecule has 5 aromatic rings. The predicted octanol–water partition coefficient (Wildman–Crippen LogP) is 4.12. The monoisotopic (exact) mass is 680 g/mol. The summed E-state index contributed by atoms with van der Waals surface area (Å²) in [4.78, 5) is 65.3.